The summed E-state index contributed by atoms with van der Waals surface area (Å²) in [5.41, 5.74) is 5.49. The zero-order valence-electron chi connectivity index (χ0n) is 20.9. The number of nitrogens with two attached hydrogens (primary N) is 1. The van der Waals surface area contributed by atoms with Crippen molar-refractivity contribution in [3.63, 3.8) is 0 Å². The van der Waals surface area contributed by atoms with Crippen LogP contribution in [-0.2, 0) is 19.1 Å². The van der Waals surface area contributed by atoms with Crippen LogP contribution in [0.3, 0.4) is 0 Å². The molecule has 2 saturated heterocycles. The first-order chi connectivity index (χ1) is 19.0. The quantitative estimate of drug-likeness (QED) is 0.382. The van der Waals surface area contributed by atoms with Gasteiger partial charge in [-0.2, -0.15) is 13.2 Å². The van der Waals surface area contributed by atoms with E-state index in [0.29, 0.717) is 5.39 Å². The summed E-state index contributed by atoms with van der Waals surface area (Å²) in [5, 5.41) is 17.2. The van der Waals surface area contributed by atoms with Crippen LogP contribution in [0, 0.1) is 5.82 Å². The number of fused-ring (bicyclic) bond motifs is 1. The van der Waals surface area contributed by atoms with Gasteiger partial charge in [0.2, 0.25) is 0 Å². The van der Waals surface area contributed by atoms with Crippen molar-refractivity contribution in [1.29, 1.82) is 0 Å². The van der Waals surface area contributed by atoms with Gasteiger partial charge in [0, 0.05) is 42.6 Å². The summed E-state index contributed by atoms with van der Waals surface area (Å²) in [4.78, 5) is 28.1. The maximum Gasteiger partial charge on any atom is 0.408 e. The first kappa shape index (κ1) is 27.8. The van der Waals surface area contributed by atoms with E-state index in [4.69, 9.17) is 19.7 Å². The Morgan fingerprint density at radius 3 is 2.60 bits per heavy atom. The van der Waals surface area contributed by atoms with Gasteiger partial charge in [0.25, 0.3) is 11.8 Å². The largest absolute Gasteiger partial charge is 0.408 e. The van der Waals surface area contributed by atoms with E-state index in [1.165, 1.54) is 12.1 Å². The van der Waals surface area contributed by atoms with E-state index in [1.54, 1.807) is 6.07 Å². The molecule has 3 atom stereocenters. The molecule has 2 aliphatic rings. The average Bonchev–Trinajstić information content (AvgIpc) is 3.29. The van der Waals surface area contributed by atoms with Crippen LogP contribution in [-0.4, -0.2) is 84.8 Å². The number of alkyl halides is 3. The number of ether oxygens (including phenoxy) is 2. The summed E-state index contributed by atoms with van der Waals surface area (Å²) in [5.74, 6) is -2.78. The number of carbonyl (C=O) groups is 2. The molecule has 1 aromatic heterocycles. The van der Waals surface area contributed by atoms with E-state index in [1.807, 2.05) is 0 Å². The second-order valence-corrected chi connectivity index (χ2v) is 9.29. The number of rotatable bonds is 6. The minimum absolute atomic E-state index is 0.0295. The molecule has 0 bridgehead atoms. The van der Waals surface area contributed by atoms with Gasteiger partial charge in [0.05, 0.1) is 25.2 Å². The van der Waals surface area contributed by atoms with Crippen LogP contribution < -0.4 is 16.0 Å². The molecule has 40 heavy (non-hydrogen) atoms. The van der Waals surface area contributed by atoms with Crippen molar-refractivity contribution in [2.75, 3.05) is 55.4 Å². The standard InChI is InChI=1S/C25H25F4N5O6/c26-17-4-2-14(12-16(17)21(25(27,28)29)33-5-8-38-9-6-33)34-7-10-39-20(24(34)37)19(35)23(36)31-13-1-3-15-18(11-13)40-32-22(15)30/h1-4,11-12,19-21,35H,5-10H2,(H2,30,32)(H,31,36)/t19?,20-,21?/m1/s1. The van der Waals surface area contributed by atoms with Crippen LogP contribution in [0.5, 0.6) is 0 Å². The lowest BCUT2D eigenvalue weighted by atomic mass is 10.0. The monoisotopic (exact) mass is 567 g/mol. The van der Waals surface area contributed by atoms with Crippen LogP contribution in [0.25, 0.3) is 11.0 Å². The summed E-state index contributed by atoms with van der Waals surface area (Å²) >= 11 is 0. The van der Waals surface area contributed by atoms with E-state index in [9.17, 15) is 32.3 Å². The van der Waals surface area contributed by atoms with Crippen LogP contribution in [0.4, 0.5) is 34.8 Å². The predicted molar refractivity (Wildman–Crippen MR) is 133 cm³/mol. The maximum atomic E-state index is 14.8. The first-order valence-electron chi connectivity index (χ1n) is 12.3. The number of morpholine rings is 2. The topological polar surface area (TPSA) is 143 Å². The van der Waals surface area contributed by atoms with Crippen LogP contribution in [0.2, 0.25) is 0 Å². The van der Waals surface area contributed by atoms with E-state index < -0.39 is 47.6 Å². The number of aliphatic hydroxyl groups is 1. The predicted octanol–water partition coefficient (Wildman–Crippen LogP) is 2.22. The number of hydrogen-bond acceptors (Lipinski definition) is 9. The molecular formula is C25H25F4N5O6. The molecule has 15 heteroatoms. The number of hydrogen-bond donors (Lipinski definition) is 3. The number of anilines is 3. The highest BCUT2D eigenvalue weighted by Gasteiger charge is 2.47. The molecule has 3 aromatic rings. The number of benzene rings is 2. The molecular weight excluding hydrogens is 542 g/mol. The molecule has 0 spiro atoms. The van der Waals surface area contributed by atoms with E-state index in [-0.39, 0.29) is 62.2 Å². The molecule has 0 saturated carbocycles. The molecule has 5 rings (SSSR count). The Balaban J connectivity index is 1.35. The number of nitrogens with zero attached hydrogens (tertiary/aromatic N) is 3. The van der Waals surface area contributed by atoms with Crippen LogP contribution in [0.15, 0.2) is 40.9 Å². The zero-order valence-corrected chi connectivity index (χ0v) is 20.9. The minimum Gasteiger partial charge on any atom is -0.380 e. The van der Waals surface area contributed by atoms with Crippen LogP contribution in [0.1, 0.15) is 11.6 Å². The SMILES string of the molecule is Nc1noc2cc(NC(=O)C(O)[C@H]3OCCN(c4ccc(F)c(C(N5CCOCC5)C(F)(F)F)c4)C3=O)ccc12. The lowest BCUT2D eigenvalue weighted by Gasteiger charge is -2.37. The third-order valence-electron chi connectivity index (χ3n) is 6.75. The number of aliphatic hydroxyl groups excluding tert-OH is 1. The van der Waals surface area contributed by atoms with Crippen molar-refractivity contribution in [3.8, 4) is 0 Å². The van der Waals surface area contributed by atoms with Gasteiger partial charge in [-0.05, 0) is 30.3 Å². The van der Waals surface area contributed by atoms with E-state index in [0.717, 1.165) is 28.0 Å². The average molecular weight is 567 g/mol. The summed E-state index contributed by atoms with van der Waals surface area (Å²) in [7, 11) is 0. The van der Waals surface area contributed by atoms with Gasteiger partial charge in [-0.25, -0.2) is 4.39 Å². The Bertz CT molecular complexity index is 1410. The van der Waals surface area contributed by atoms with Crippen molar-refractivity contribution in [2.24, 2.45) is 0 Å². The molecule has 2 unspecified atom stereocenters. The van der Waals surface area contributed by atoms with Gasteiger partial charge in [0.1, 0.15) is 11.9 Å². The first-order valence-corrected chi connectivity index (χ1v) is 12.3. The van der Waals surface area contributed by atoms with Crippen LogP contribution >= 0.6 is 0 Å². The minimum atomic E-state index is -4.80. The second-order valence-electron chi connectivity index (χ2n) is 9.29. The number of nitrogens with one attached hydrogen (secondary N) is 1. The molecule has 0 aliphatic carbocycles. The van der Waals surface area contributed by atoms with Crippen molar-refractivity contribution in [3.05, 3.63) is 47.8 Å². The molecule has 11 nitrogen and oxygen atoms in total. The lowest BCUT2D eigenvalue weighted by Crippen LogP contribution is -2.55. The highest BCUT2D eigenvalue weighted by Crippen LogP contribution is 2.40. The van der Waals surface area contributed by atoms with Gasteiger partial charge < -0.3 is 35.1 Å². The van der Waals surface area contributed by atoms with Crippen molar-refractivity contribution in [1.82, 2.24) is 10.1 Å². The third kappa shape index (κ3) is 5.45. The van der Waals surface area contributed by atoms with E-state index in [2.05, 4.69) is 10.5 Å². The smallest absolute Gasteiger partial charge is 0.380 e. The van der Waals surface area contributed by atoms with Crippen molar-refractivity contribution in [2.45, 2.75) is 24.4 Å². The molecule has 2 fully saturated rings. The Morgan fingerprint density at radius 1 is 1.12 bits per heavy atom. The maximum absolute atomic E-state index is 14.8. The Labute approximate surface area is 224 Å². The number of nitrogen functional groups attached to an aromatic ring is 1. The molecule has 2 amide bonds. The number of aromatic nitrogens is 1. The molecule has 214 valence electrons. The van der Waals surface area contributed by atoms with Gasteiger partial charge in [-0.3, -0.25) is 14.5 Å². The van der Waals surface area contributed by atoms with Gasteiger partial charge in [-0.1, -0.05) is 5.16 Å². The highest BCUT2D eigenvalue weighted by atomic mass is 19.4. The molecule has 4 N–H and O–H groups in total. The van der Waals surface area contributed by atoms with Gasteiger partial charge >= 0.3 is 6.18 Å². The van der Waals surface area contributed by atoms with Gasteiger partial charge in [0.15, 0.2) is 23.6 Å². The summed E-state index contributed by atoms with van der Waals surface area (Å²) in [6, 6.07) is 5.19. The Kier molecular flexibility index (Phi) is 7.63. The fourth-order valence-corrected chi connectivity index (χ4v) is 4.80. The number of halogens is 4. The van der Waals surface area contributed by atoms with Crippen molar-refractivity contribution >= 4 is 40.0 Å². The molecule has 2 aliphatic heterocycles. The number of carbonyl (C=O) groups excluding carboxylic acids is 2. The van der Waals surface area contributed by atoms with E-state index >= 15 is 0 Å². The summed E-state index contributed by atoms with van der Waals surface area (Å²) < 4.78 is 72.6. The second kappa shape index (κ2) is 11.0. The third-order valence-corrected chi connectivity index (χ3v) is 6.75. The molecule has 0 radical (unpaired) electrons. The summed E-state index contributed by atoms with van der Waals surface area (Å²) in [6.45, 7) is -0.194. The zero-order chi connectivity index (χ0) is 28.6. The molecule has 2 aromatic carbocycles. The Morgan fingerprint density at radius 2 is 1.88 bits per heavy atom. The van der Waals surface area contributed by atoms with Crippen molar-refractivity contribution < 1.29 is 46.3 Å². The fraction of sp³-hybridized carbons (Fsp3) is 0.400. The summed E-state index contributed by atoms with van der Waals surface area (Å²) in [6.07, 6.45) is -8.44. The normalized spacial score (nSPS) is 20.5. The lowest BCUT2D eigenvalue weighted by molar-refractivity contribution is -0.195. The Hall–Kier alpha value is -3.79. The van der Waals surface area contributed by atoms with Gasteiger partial charge in [-0.15, -0.1) is 0 Å². The molecule has 3 heterocycles. The number of amides is 2. The highest BCUT2D eigenvalue weighted by molar-refractivity contribution is 6.04. The fourth-order valence-electron chi connectivity index (χ4n) is 4.80.